The minimum absolute atomic E-state index is 0. The van der Waals surface area contributed by atoms with Crippen molar-refractivity contribution in [1.82, 2.24) is 9.97 Å². The minimum atomic E-state index is -0.117. The van der Waals surface area contributed by atoms with Crippen LogP contribution in [-0.2, 0) is 36.4 Å². The quantitative estimate of drug-likeness (QED) is 0.166. The standard InChI is InChI=1S/C32H29N2O.C15H16N.Ir/c1-31(2,3)22-13-17-26(34-19-22)23-15-16-25(32(4,5)6)28-24-14-12-21(18-33)27(30(24)35-29(23)28)20-10-8-7-9-11-20;1-15(2,3)13-9-10-14(16-11-13)12-7-5-4-6-8-12;/h7-14,16-17,19H,1-6H3;4-7,9-11H,1-3H3;/q2*-1;. The van der Waals surface area contributed by atoms with E-state index in [-0.39, 0.29) is 36.4 Å². The molecule has 7 aromatic rings. The van der Waals surface area contributed by atoms with E-state index in [2.05, 4.69) is 116 Å². The Morgan fingerprint density at radius 2 is 1.25 bits per heavy atom. The number of nitriles is 1. The fraction of sp³-hybridized carbons (Fsp3) is 0.255. The molecular formula is C47H45IrN3O-2. The fourth-order valence-corrected chi connectivity index (χ4v) is 6.19. The van der Waals surface area contributed by atoms with Crippen molar-refractivity contribution in [3.63, 3.8) is 0 Å². The maximum Gasteiger partial charge on any atom is 0.130 e. The number of fused-ring (bicyclic) bond motifs is 3. The molecular weight excluding hydrogens is 815 g/mol. The Kier molecular flexibility index (Phi) is 11.1. The SMILES string of the molecule is CC(C)(C)c1ccc(-c2[c-]cc(C(C)(C)C)c3c2oc2c(-c4ccccc4)c(C#N)ccc23)nc1.CC(C)(C)c1ccc(-c2[c-]cccc2)nc1.[Ir]. The van der Waals surface area contributed by atoms with Crippen LogP contribution in [-0.4, -0.2) is 9.97 Å². The summed E-state index contributed by atoms with van der Waals surface area (Å²) in [5.74, 6) is 0. The average Bonchev–Trinajstić information content (AvgIpc) is 3.50. The number of hydrogen-bond acceptors (Lipinski definition) is 4. The molecule has 4 aromatic carbocycles. The summed E-state index contributed by atoms with van der Waals surface area (Å²) in [6.07, 6.45) is 3.90. The maximum absolute atomic E-state index is 9.91. The van der Waals surface area contributed by atoms with Gasteiger partial charge in [-0.2, -0.15) is 5.26 Å². The summed E-state index contributed by atoms with van der Waals surface area (Å²) in [5.41, 5.74) is 11.2. The van der Waals surface area contributed by atoms with Crippen molar-refractivity contribution in [3.05, 3.63) is 144 Å². The van der Waals surface area contributed by atoms with E-state index in [0.717, 1.165) is 61.1 Å². The van der Waals surface area contributed by atoms with Crippen molar-refractivity contribution in [2.24, 2.45) is 0 Å². The van der Waals surface area contributed by atoms with Crippen LogP contribution < -0.4 is 0 Å². The molecule has 7 rings (SSSR count). The number of nitrogens with zero attached hydrogens (tertiary/aromatic N) is 3. The van der Waals surface area contributed by atoms with E-state index in [4.69, 9.17) is 9.40 Å². The van der Waals surface area contributed by atoms with Crippen LogP contribution >= 0.6 is 0 Å². The summed E-state index contributed by atoms with van der Waals surface area (Å²) in [5, 5.41) is 12.0. The molecule has 52 heavy (non-hydrogen) atoms. The predicted octanol–water partition coefficient (Wildman–Crippen LogP) is 12.4. The molecule has 0 N–H and O–H groups in total. The first-order valence-electron chi connectivity index (χ1n) is 17.5. The normalized spacial score (nSPS) is 11.8. The summed E-state index contributed by atoms with van der Waals surface area (Å²) in [4.78, 5) is 9.28. The molecule has 3 heterocycles. The number of benzene rings is 4. The first-order valence-corrected chi connectivity index (χ1v) is 17.5. The van der Waals surface area contributed by atoms with E-state index in [0.29, 0.717) is 5.56 Å². The molecule has 1 radical (unpaired) electrons. The third kappa shape index (κ3) is 7.95. The predicted molar refractivity (Wildman–Crippen MR) is 211 cm³/mol. The molecule has 0 amide bonds. The fourth-order valence-electron chi connectivity index (χ4n) is 6.19. The molecule has 265 valence electrons. The Morgan fingerprint density at radius 1 is 0.635 bits per heavy atom. The van der Waals surface area contributed by atoms with Crippen molar-refractivity contribution in [1.29, 1.82) is 5.26 Å². The second-order valence-corrected chi connectivity index (χ2v) is 16.1. The van der Waals surface area contributed by atoms with Gasteiger partial charge in [-0.15, -0.1) is 53.6 Å². The Hall–Kier alpha value is -4.88. The van der Waals surface area contributed by atoms with Gasteiger partial charge in [0, 0.05) is 43.4 Å². The first kappa shape index (κ1) is 38.4. The van der Waals surface area contributed by atoms with Crippen LogP contribution in [0.3, 0.4) is 0 Å². The summed E-state index contributed by atoms with van der Waals surface area (Å²) < 4.78 is 6.68. The van der Waals surface area contributed by atoms with Gasteiger partial charge in [-0.1, -0.05) is 134 Å². The van der Waals surface area contributed by atoms with Gasteiger partial charge in [0.2, 0.25) is 0 Å². The van der Waals surface area contributed by atoms with Crippen molar-refractivity contribution in [2.75, 3.05) is 0 Å². The summed E-state index contributed by atoms with van der Waals surface area (Å²) in [6.45, 7) is 19.7. The molecule has 0 saturated carbocycles. The van der Waals surface area contributed by atoms with E-state index in [1.54, 1.807) is 0 Å². The van der Waals surface area contributed by atoms with Crippen LogP contribution in [0.5, 0.6) is 0 Å². The van der Waals surface area contributed by atoms with Gasteiger partial charge in [0.25, 0.3) is 0 Å². The van der Waals surface area contributed by atoms with E-state index >= 15 is 0 Å². The Bertz CT molecular complexity index is 2330. The number of aromatic nitrogens is 2. The van der Waals surface area contributed by atoms with Gasteiger partial charge in [0.15, 0.2) is 0 Å². The third-order valence-corrected chi connectivity index (χ3v) is 9.21. The second-order valence-electron chi connectivity index (χ2n) is 16.1. The largest absolute Gasteiger partial charge is 0.500 e. The molecule has 0 aliphatic heterocycles. The molecule has 0 aliphatic carbocycles. The number of hydrogen-bond donors (Lipinski definition) is 0. The molecule has 0 unspecified atom stereocenters. The van der Waals surface area contributed by atoms with Gasteiger partial charge in [-0.05, 0) is 50.4 Å². The van der Waals surface area contributed by atoms with Gasteiger partial charge in [-0.3, -0.25) is 0 Å². The van der Waals surface area contributed by atoms with Crippen molar-refractivity contribution in [3.8, 4) is 39.7 Å². The average molecular weight is 860 g/mol. The van der Waals surface area contributed by atoms with Crippen molar-refractivity contribution in [2.45, 2.75) is 78.6 Å². The van der Waals surface area contributed by atoms with Crippen molar-refractivity contribution >= 4 is 21.9 Å². The summed E-state index contributed by atoms with van der Waals surface area (Å²) in [6, 6.07) is 41.3. The van der Waals surface area contributed by atoms with Crippen LogP contribution in [0.1, 0.15) is 84.6 Å². The summed E-state index contributed by atoms with van der Waals surface area (Å²) in [7, 11) is 0. The smallest absolute Gasteiger partial charge is 0.130 e. The molecule has 4 nitrogen and oxygen atoms in total. The first-order chi connectivity index (χ1) is 24.2. The molecule has 0 atom stereocenters. The summed E-state index contributed by atoms with van der Waals surface area (Å²) >= 11 is 0. The van der Waals surface area contributed by atoms with Crippen LogP contribution in [0.2, 0.25) is 0 Å². The van der Waals surface area contributed by atoms with Gasteiger partial charge in [0.1, 0.15) is 5.58 Å². The maximum atomic E-state index is 9.91. The minimum Gasteiger partial charge on any atom is -0.500 e. The topological polar surface area (TPSA) is 62.7 Å². The molecule has 0 fully saturated rings. The van der Waals surface area contributed by atoms with Crippen LogP contribution in [0, 0.1) is 23.5 Å². The van der Waals surface area contributed by atoms with Gasteiger partial charge in [0.05, 0.1) is 17.2 Å². The molecule has 0 saturated heterocycles. The molecule has 0 bridgehead atoms. The van der Waals surface area contributed by atoms with Gasteiger partial charge < -0.3 is 14.4 Å². The molecule has 0 aliphatic rings. The van der Waals surface area contributed by atoms with E-state index in [1.165, 1.54) is 11.1 Å². The van der Waals surface area contributed by atoms with Crippen LogP contribution in [0.15, 0.2) is 114 Å². The number of pyridine rings is 2. The van der Waals surface area contributed by atoms with E-state index in [1.807, 2.05) is 79.1 Å². The molecule has 3 aromatic heterocycles. The Balaban J connectivity index is 0.000000258. The second kappa shape index (κ2) is 15.0. The third-order valence-electron chi connectivity index (χ3n) is 9.21. The Morgan fingerprint density at radius 3 is 1.77 bits per heavy atom. The van der Waals surface area contributed by atoms with Gasteiger partial charge in [-0.25, -0.2) is 0 Å². The van der Waals surface area contributed by atoms with E-state index < -0.39 is 0 Å². The Labute approximate surface area is 322 Å². The number of rotatable bonds is 3. The molecule has 0 spiro atoms. The zero-order chi connectivity index (χ0) is 36.6. The van der Waals surface area contributed by atoms with Crippen molar-refractivity contribution < 1.29 is 24.5 Å². The van der Waals surface area contributed by atoms with Crippen LogP contribution in [0.4, 0.5) is 0 Å². The monoisotopic (exact) mass is 860 g/mol. The van der Waals surface area contributed by atoms with E-state index in [9.17, 15) is 5.26 Å². The van der Waals surface area contributed by atoms with Crippen LogP contribution in [0.25, 0.3) is 55.6 Å². The zero-order valence-electron chi connectivity index (χ0n) is 31.5. The zero-order valence-corrected chi connectivity index (χ0v) is 33.9. The number of furan rings is 1. The molecule has 5 heteroatoms. The van der Waals surface area contributed by atoms with Gasteiger partial charge >= 0.3 is 0 Å².